The molecule has 1 aliphatic heterocycles. The van der Waals surface area contributed by atoms with E-state index in [0.717, 1.165) is 0 Å². The van der Waals surface area contributed by atoms with Gasteiger partial charge in [0.25, 0.3) is 5.90 Å². The van der Waals surface area contributed by atoms with E-state index >= 15 is 0 Å². The molecule has 1 aliphatic rings. The fourth-order valence-electron chi connectivity index (χ4n) is 0.930. The van der Waals surface area contributed by atoms with Crippen molar-refractivity contribution in [2.75, 3.05) is 13.7 Å². The molecule has 4 heteroatoms. The lowest BCUT2D eigenvalue weighted by Crippen LogP contribution is -2.15. The van der Waals surface area contributed by atoms with Gasteiger partial charge >= 0.3 is 5.97 Å². The second kappa shape index (κ2) is 3.56. The first-order valence-electron chi connectivity index (χ1n) is 3.94. The molecule has 0 N–H and O–H groups in total. The van der Waals surface area contributed by atoms with Gasteiger partial charge in [0, 0.05) is 0 Å². The van der Waals surface area contributed by atoms with Crippen LogP contribution in [0, 0.1) is 5.92 Å². The lowest BCUT2D eigenvalue weighted by atomic mass is 10.1. The molecule has 4 nitrogen and oxygen atoms in total. The fourth-order valence-corrected chi connectivity index (χ4v) is 0.930. The van der Waals surface area contributed by atoms with Crippen molar-refractivity contribution in [2.24, 2.45) is 10.9 Å². The molecule has 1 rings (SSSR count). The second-order valence-electron chi connectivity index (χ2n) is 3.05. The zero-order chi connectivity index (χ0) is 9.14. The van der Waals surface area contributed by atoms with Crippen LogP contribution in [-0.4, -0.2) is 31.6 Å². The number of rotatable bonds is 2. The highest BCUT2D eigenvalue weighted by atomic mass is 16.6. The van der Waals surface area contributed by atoms with Crippen LogP contribution in [0.4, 0.5) is 0 Å². The minimum Gasteiger partial charge on any atom is -0.470 e. The number of methoxy groups -OCH3 is 1. The Bertz CT molecular complexity index is 210. The molecule has 0 aromatic heterocycles. The molecule has 1 heterocycles. The van der Waals surface area contributed by atoms with Crippen molar-refractivity contribution in [1.29, 1.82) is 0 Å². The van der Waals surface area contributed by atoms with Crippen LogP contribution < -0.4 is 0 Å². The van der Waals surface area contributed by atoms with Crippen LogP contribution >= 0.6 is 0 Å². The Hall–Kier alpha value is -1.06. The maximum absolute atomic E-state index is 10.9. The van der Waals surface area contributed by atoms with Crippen molar-refractivity contribution in [2.45, 2.75) is 19.9 Å². The topological polar surface area (TPSA) is 47.9 Å². The number of hydrogen-bond donors (Lipinski definition) is 0. The lowest BCUT2D eigenvalue weighted by molar-refractivity contribution is -0.134. The number of carbonyl (C=O) groups excluding carboxylic acids is 1. The molecule has 0 saturated heterocycles. The lowest BCUT2D eigenvalue weighted by Gasteiger charge is -2.06. The van der Waals surface area contributed by atoms with Gasteiger partial charge in [0.1, 0.15) is 6.61 Å². The predicted octanol–water partition coefficient (Wildman–Crippen LogP) is 0.613. The highest BCUT2D eigenvalue weighted by Gasteiger charge is 2.26. The van der Waals surface area contributed by atoms with Gasteiger partial charge in [-0.05, 0) is 5.92 Å². The summed E-state index contributed by atoms with van der Waals surface area (Å²) in [7, 11) is 1.32. The first kappa shape index (κ1) is 9.03. The van der Waals surface area contributed by atoms with Gasteiger partial charge in [-0.25, -0.2) is 9.79 Å². The molecule has 12 heavy (non-hydrogen) atoms. The summed E-state index contributed by atoms with van der Waals surface area (Å²) < 4.78 is 9.52. The van der Waals surface area contributed by atoms with E-state index in [1.54, 1.807) is 0 Å². The average molecular weight is 171 g/mol. The maximum Gasteiger partial charge on any atom is 0.393 e. The molecule has 0 spiro atoms. The van der Waals surface area contributed by atoms with Crippen LogP contribution in [-0.2, 0) is 14.3 Å². The van der Waals surface area contributed by atoms with Gasteiger partial charge in [-0.3, -0.25) is 0 Å². The minimum atomic E-state index is -0.488. The van der Waals surface area contributed by atoms with E-state index < -0.39 is 5.97 Å². The van der Waals surface area contributed by atoms with E-state index in [1.807, 2.05) is 13.8 Å². The third-order valence-corrected chi connectivity index (χ3v) is 1.80. The highest BCUT2D eigenvalue weighted by molar-refractivity contribution is 6.32. The van der Waals surface area contributed by atoms with Gasteiger partial charge in [0.15, 0.2) is 0 Å². The van der Waals surface area contributed by atoms with Crippen molar-refractivity contribution in [3.63, 3.8) is 0 Å². The maximum atomic E-state index is 10.9. The third kappa shape index (κ3) is 1.75. The average Bonchev–Trinajstić information content (AvgIpc) is 2.51. The largest absolute Gasteiger partial charge is 0.470 e. The van der Waals surface area contributed by atoms with Crippen molar-refractivity contribution in [1.82, 2.24) is 0 Å². The Morgan fingerprint density at radius 1 is 1.75 bits per heavy atom. The Morgan fingerprint density at radius 3 is 2.83 bits per heavy atom. The Labute approximate surface area is 71.6 Å². The van der Waals surface area contributed by atoms with E-state index in [2.05, 4.69) is 9.73 Å². The zero-order valence-electron chi connectivity index (χ0n) is 7.53. The molecule has 0 unspecified atom stereocenters. The normalized spacial score (nSPS) is 22.0. The summed E-state index contributed by atoms with van der Waals surface area (Å²) in [5, 5.41) is 0. The summed E-state index contributed by atoms with van der Waals surface area (Å²) >= 11 is 0. The van der Waals surface area contributed by atoms with Gasteiger partial charge in [-0.15, -0.1) is 0 Å². The number of ether oxygens (including phenoxy) is 2. The third-order valence-electron chi connectivity index (χ3n) is 1.80. The predicted molar refractivity (Wildman–Crippen MR) is 44.0 cm³/mol. The first-order valence-corrected chi connectivity index (χ1v) is 3.94. The molecule has 0 amide bonds. The molecular weight excluding hydrogens is 158 g/mol. The van der Waals surface area contributed by atoms with Crippen molar-refractivity contribution in [3.05, 3.63) is 0 Å². The van der Waals surface area contributed by atoms with Gasteiger partial charge in [-0.1, -0.05) is 13.8 Å². The molecule has 0 radical (unpaired) electrons. The molecule has 0 aromatic carbocycles. The SMILES string of the molecule is COC(=O)C1=N[C@@H](C(C)C)CO1. The summed E-state index contributed by atoms with van der Waals surface area (Å²) in [6, 6.07) is 0.0964. The van der Waals surface area contributed by atoms with Crippen LogP contribution in [0.1, 0.15) is 13.8 Å². The summed E-state index contributed by atoms with van der Waals surface area (Å²) in [6.45, 7) is 4.57. The Morgan fingerprint density at radius 2 is 2.42 bits per heavy atom. The summed E-state index contributed by atoms with van der Waals surface area (Å²) in [5.74, 6) is 0.0153. The van der Waals surface area contributed by atoms with Gasteiger partial charge in [0.05, 0.1) is 13.2 Å². The minimum absolute atomic E-state index is 0.0964. The van der Waals surface area contributed by atoms with Crippen molar-refractivity contribution < 1.29 is 14.3 Å². The van der Waals surface area contributed by atoms with Gasteiger partial charge in [0.2, 0.25) is 0 Å². The molecular formula is C8H13NO3. The van der Waals surface area contributed by atoms with Crippen molar-refractivity contribution >= 4 is 11.9 Å². The molecule has 0 bridgehead atoms. The van der Waals surface area contributed by atoms with Gasteiger partial charge < -0.3 is 9.47 Å². The van der Waals surface area contributed by atoms with Crippen LogP contribution in [0.5, 0.6) is 0 Å². The first-order chi connectivity index (χ1) is 5.65. The molecule has 1 atom stereocenters. The smallest absolute Gasteiger partial charge is 0.393 e. The van der Waals surface area contributed by atoms with Crippen molar-refractivity contribution in [3.8, 4) is 0 Å². The van der Waals surface area contributed by atoms with E-state index in [0.29, 0.717) is 12.5 Å². The summed E-state index contributed by atoms with van der Waals surface area (Å²) in [4.78, 5) is 15.0. The van der Waals surface area contributed by atoms with E-state index in [-0.39, 0.29) is 11.9 Å². The summed E-state index contributed by atoms with van der Waals surface area (Å²) in [5.41, 5.74) is 0. The highest BCUT2D eigenvalue weighted by Crippen LogP contribution is 2.13. The van der Waals surface area contributed by atoms with Crippen LogP contribution in [0.15, 0.2) is 4.99 Å². The standard InChI is InChI=1S/C8H13NO3/c1-5(2)6-4-12-7(9-6)8(10)11-3/h5-6H,4H2,1-3H3/t6-/m1/s1. The number of nitrogens with zero attached hydrogens (tertiary/aromatic N) is 1. The number of aliphatic imine (C=N–C) groups is 1. The van der Waals surface area contributed by atoms with E-state index in [9.17, 15) is 4.79 Å². The number of hydrogen-bond acceptors (Lipinski definition) is 4. The van der Waals surface area contributed by atoms with Crippen LogP contribution in [0.25, 0.3) is 0 Å². The molecule has 68 valence electrons. The monoisotopic (exact) mass is 171 g/mol. The quantitative estimate of drug-likeness (QED) is 0.572. The number of esters is 1. The number of carbonyl (C=O) groups is 1. The summed E-state index contributed by atoms with van der Waals surface area (Å²) in [6.07, 6.45) is 0. The Kier molecular flexibility index (Phi) is 2.68. The van der Waals surface area contributed by atoms with Gasteiger partial charge in [-0.2, -0.15) is 0 Å². The van der Waals surface area contributed by atoms with E-state index in [4.69, 9.17) is 4.74 Å². The van der Waals surface area contributed by atoms with Crippen LogP contribution in [0.3, 0.4) is 0 Å². The fraction of sp³-hybridized carbons (Fsp3) is 0.750. The van der Waals surface area contributed by atoms with Crippen LogP contribution in [0.2, 0.25) is 0 Å². The Balaban J connectivity index is 2.59. The molecule has 0 aromatic rings. The molecule has 0 fully saturated rings. The second-order valence-corrected chi connectivity index (χ2v) is 3.05. The van der Waals surface area contributed by atoms with E-state index in [1.165, 1.54) is 7.11 Å². The molecule has 0 aliphatic carbocycles. The zero-order valence-corrected chi connectivity index (χ0v) is 7.53. The molecule has 0 saturated carbocycles.